The number of nitrogens with zero attached hydrogens (tertiary/aromatic N) is 1. The predicted octanol–water partition coefficient (Wildman–Crippen LogP) is 1.21. The van der Waals surface area contributed by atoms with Crippen molar-refractivity contribution in [2.24, 2.45) is 0 Å². The third-order valence-electron chi connectivity index (χ3n) is 3.44. The maximum atomic E-state index is 12.4. The molecule has 6 heteroatoms. The van der Waals surface area contributed by atoms with Crippen molar-refractivity contribution in [3.63, 3.8) is 0 Å². The second kappa shape index (κ2) is 8.19. The standard InChI is InChI=1S/C13H28N2O3S/c1-12(2)14-11-13-7-4-5-8-15(13)19(16,17)10-6-9-18-3/h12-14H,4-11H2,1-3H3. The lowest BCUT2D eigenvalue weighted by molar-refractivity contribution is 0.197. The Kier molecular flexibility index (Phi) is 7.28. The van der Waals surface area contributed by atoms with E-state index in [-0.39, 0.29) is 11.8 Å². The molecular weight excluding hydrogens is 264 g/mol. The minimum atomic E-state index is -3.14. The summed E-state index contributed by atoms with van der Waals surface area (Å²) in [6.07, 6.45) is 3.62. The fourth-order valence-electron chi connectivity index (χ4n) is 2.42. The molecular formula is C13H28N2O3S. The van der Waals surface area contributed by atoms with Gasteiger partial charge in [0.05, 0.1) is 5.75 Å². The molecule has 1 heterocycles. The van der Waals surface area contributed by atoms with E-state index < -0.39 is 10.0 Å². The first-order valence-corrected chi connectivity index (χ1v) is 8.80. The fraction of sp³-hybridized carbons (Fsp3) is 1.00. The van der Waals surface area contributed by atoms with E-state index in [1.54, 1.807) is 11.4 Å². The molecule has 0 bridgehead atoms. The highest BCUT2D eigenvalue weighted by Crippen LogP contribution is 2.21. The van der Waals surface area contributed by atoms with Gasteiger partial charge in [-0.15, -0.1) is 0 Å². The van der Waals surface area contributed by atoms with E-state index in [0.29, 0.717) is 25.6 Å². The van der Waals surface area contributed by atoms with Gasteiger partial charge in [-0.3, -0.25) is 0 Å². The van der Waals surface area contributed by atoms with E-state index in [0.717, 1.165) is 25.8 Å². The van der Waals surface area contributed by atoms with Gasteiger partial charge in [-0.1, -0.05) is 20.3 Å². The summed E-state index contributed by atoms with van der Waals surface area (Å²) in [7, 11) is -1.54. The van der Waals surface area contributed by atoms with Crippen molar-refractivity contribution in [3.05, 3.63) is 0 Å². The number of methoxy groups -OCH3 is 1. The van der Waals surface area contributed by atoms with Gasteiger partial charge >= 0.3 is 0 Å². The van der Waals surface area contributed by atoms with Gasteiger partial charge in [0.25, 0.3) is 0 Å². The van der Waals surface area contributed by atoms with Crippen molar-refractivity contribution in [2.45, 2.75) is 51.6 Å². The molecule has 1 rings (SSSR count). The average molecular weight is 292 g/mol. The predicted molar refractivity (Wildman–Crippen MR) is 77.8 cm³/mol. The van der Waals surface area contributed by atoms with Crippen LogP contribution >= 0.6 is 0 Å². The number of piperidine rings is 1. The zero-order chi connectivity index (χ0) is 14.3. The van der Waals surface area contributed by atoms with Crippen molar-refractivity contribution in [1.29, 1.82) is 0 Å². The lowest BCUT2D eigenvalue weighted by Crippen LogP contribution is -2.50. The Hall–Kier alpha value is -0.170. The highest BCUT2D eigenvalue weighted by atomic mass is 32.2. The summed E-state index contributed by atoms with van der Waals surface area (Å²) in [5.74, 6) is 0.193. The molecule has 19 heavy (non-hydrogen) atoms. The number of rotatable bonds is 8. The Morgan fingerprint density at radius 1 is 1.37 bits per heavy atom. The molecule has 1 fully saturated rings. The van der Waals surface area contributed by atoms with Crippen molar-refractivity contribution in [2.75, 3.05) is 32.6 Å². The molecule has 0 aliphatic carbocycles. The van der Waals surface area contributed by atoms with Crippen LogP contribution in [0.15, 0.2) is 0 Å². The first-order chi connectivity index (χ1) is 8.97. The van der Waals surface area contributed by atoms with Gasteiger partial charge in [-0.25, -0.2) is 8.42 Å². The third kappa shape index (κ3) is 5.77. The summed E-state index contributed by atoms with van der Waals surface area (Å²) in [6, 6.07) is 0.503. The van der Waals surface area contributed by atoms with Crippen molar-refractivity contribution in [1.82, 2.24) is 9.62 Å². The highest BCUT2D eigenvalue weighted by Gasteiger charge is 2.31. The molecule has 1 aliphatic heterocycles. The molecule has 1 N–H and O–H groups in total. The molecule has 0 amide bonds. The number of ether oxygens (including phenoxy) is 1. The van der Waals surface area contributed by atoms with Gasteiger partial charge < -0.3 is 10.1 Å². The number of sulfonamides is 1. The Bertz CT molecular complexity index is 344. The quantitative estimate of drug-likeness (QED) is 0.683. The summed E-state index contributed by atoms with van der Waals surface area (Å²) in [4.78, 5) is 0. The van der Waals surface area contributed by atoms with E-state index in [9.17, 15) is 8.42 Å². The largest absolute Gasteiger partial charge is 0.385 e. The lowest BCUT2D eigenvalue weighted by atomic mass is 10.0. The van der Waals surface area contributed by atoms with Crippen LogP contribution in [0, 0.1) is 0 Å². The van der Waals surface area contributed by atoms with Crippen molar-refractivity contribution < 1.29 is 13.2 Å². The summed E-state index contributed by atoms with van der Waals surface area (Å²) in [5, 5.41) is 3.35. The van der Waals surface area contributed by atoms with Gasteiger partial charge in [-0.05, 0) is 19.3 Å². The molecule has 1 aliphatic rings. The summed E-state index contributed by atoms with van der Waals surface area (Å²) < 4.78 is 31.4. The minimum absolute atomic E-state index is 0.115. The average Bonchev–Trinajstić information content (AvgIpc) is 2.37. The smallest absolute Gasteiger partial charge is 0.214 e. The minimum Gasteiger partial charge on any atom is -0.385 e. The Morgan fingerprint density at radius 3 is 2.74 bits per heavy atom. The Labute approximate surface area is 117 Å². The monoisotopic (exact) mass is 292 g/mol. The van der Waals surface area contributed by atoms with Crippen LogP contribution in [0.25, 0.3) is 0 Å². The van der Waals surface area contributed by atoms with Crippen LogP contribution in [0.2, 0.25) is 0 Å². The van der Waals surface area contributed by atoms with Gasteiger partial charge in [0.2, 0.25) is 10.0 Å². The van der Waals surface area contributed by atoms with E-state index in [1.807, 2.05) is 0 Å². The molecule has 114 valence electrons. The van der Waals surface area contributed by atoms with Crippen LogP contribution < -0.4 is 5.32 Å². The molecule has 1 saturated heterocycles. The number of hydrogen-bond acceptors (Lipinski definition) is 4. The van der Waals surface area contributed by atoms with Crippen molar-refractivity contribution in [3.8, 4) is 0 Å². The SMILES string of the molecule is COCCCS(=O)(=O)N1CCCCC1CNC(C)C. The highest BCUT2D eigenvalue weighted by molar-refractivity contribution is 7.89. The molecule has 5 nitrogen and oxygen atoms in total. The van der Waals surface area contributed by atoms with Gasteiger partial charge in [-0.2, -0.15) is 4.31 Å². The fourth-order valence-corrected chi connectivity index (χ4v) is 4.18. The van der Waals surface area contributed by atoms with Gasteiger partial charge in [0.15, 0.2) is 0 Å². The molecule has 0 aromatic carbocycles. The molecule has 0 spiro atoms. The Morgan fingerprint density at radius 2 is 2.11 bits per heavy atom. The van der Waals surface area contributed by atoms with Gasteiger partial charge in [0, 0.05) is 38.9 Å². The van der Waals surface area contributed by atoms with Crippen LogP contribution in [0.3, 0.4) is 0 Å². The van der Waals surface area contributed by atoms with Gasteiger partial charge in [0.1, 0.15) is 0 Å². The first-order valence-electron chi connectivity index (χ1n) is 7.19. The Balaban J connectivity index is 2.59. The second-order valence-electron chi connectivity index (χ2n) is 5.49. The van der Waals surface area contributed by atoms with E-state index in [4.69, 9.17) is 4.74 Å². The summed E-state index contributed by atoms with van der Waals surface area (Å²) >= 11 is 0. The molecule has 0 saturated carbocycles. The van der Waals surface area contributed by atoms with Crippen molar-refractivity contribution >= 4 is 10.0 Å². The molecule has 1 atom stereocenters. The van der Waals surface area contributed by atoms with Crippen LogP contribution in [0.1, 0.15) is 39.5 Å². The van der Waals surface area contributed by atoms with Crippen LogP contribution in [-0.4, -0.2) is 57.4 Å². The molecule has 0 radical (unpaired) electrons. The number of nitrogens with one attached hydrogen (secondary N) is 1. The first kappa shape index (κ1) is 16.9. The second-order valence-corrected chi connectivity index (χ2v) is 7.53. The number of hydrogen-bond donors (Lipinski definition) is 1. The summed E-state index contributed by atoms with van der Waals surface area (Å²) in [5.41, 5.74) is 0. The topological polar surface area (TPSA) is 58.6 Å². The zero-order valence-electron chi connectivity index (χ0n) is 12.4. The van der Waals surface area contributed by atoms with Crippen LogP contribution in [0.4, 0.5) is 0 Å². The molecule has 1 unspecified atom stereocenters. The zero-order valence-corrected chi connectivity index (χ0v) is 13.2. The maximum absolute atomic E-state index is 12.4. The third-order valence-corrected chi connectivity index (χ3v) is 5.44. The van der Waals surface area contributed by atoms with Crippen LogP contribution in [0.5, 0.6) is 0 Å². The maximum Gasteiger partial charge on any atom is 0.214 e. The van der Waals surface area contributed by atoms with Crippen LogP contribution in [-0.2, 0) is 14.8 Å². The normalized spacial score (nSPS) is 22.0. The summed E-state index contributed by atoms with van der Waals surface area (Å²) in [6.45, 7) is 6.09. The van der Waals surface area contributed by atoms with E-state index in [1.165, 1.54) is 0 Å². The molecule has 0 aromatic heterocycles. The lowest BCUT2D eigenvalue weighted by Gasteiger charge is -2.35. The van der Waals surface area contributed by atoms with E-state index >= 15 is 0 Å². The molecule has 0 aromatic rings. The van der Waals surface area contributed by atoms with E-state index in [2.05, 4.69) is 19.2 Å².